The zero-order valence-electron chi connectivity index (χ0n) is 18.6. The summed E-state index contributed by atoms with van der Waals surface area (Å²) in [4.78, 5) is 18.0. The van der Waals surface area contributed by atoms with Crippen LogP contribution >= 0.6 is 0 Å². The summed E-state index contributed by atoms with van der Waals surface area (Å²) in [6.07, 6.45) is -0.279. The minimum Gasteiger partial charge on any atom is -0.458 e. The van der Waals surface area contributed by atoms with Crippen LogP contribution in [0, 0.1) is 6.92 Å². The third-order valence-corrected chi connectivity index (χ3v) is 5.82. The van der Waals surface area contributed by atoms with E-state index in [-0.39, 0.29) is 18.5 Å². The smallest absolute Gasteiger partial charge is 0.309 e. The number of carbonyl (C=O) groups excluding carboxylic acids is 1. The quantitative estimate of drug-likeness (QED) is 0.405. The number of hydrogen-bond donors (Lipinski definition) is 0. The Kier molecular flexibility index (Phi) is 5.57. The van der Waals surface area contributed by atoms with Crippen LogP contribution in [0.4, 0.5) is 0 Å². The number of rotatable bonds is 5. The number of fused-ring (bicyclic) bond motifs is 3. The van der Waals surface area contributed by atoms with Crippen molar-refractivity contribution in [2.45, 2.75) is 32.4 Å². The topological polar surface area (TPSA) is 69.4 Å². The zero-order valence-corrected chi connectivity index (χ0v) is 18.6. The van der Waals surface area contributed by atoms with Gasteiger partial charge in [0.25, 0.3) is 0 Å². The third kappa shape index (κ3) is 4.07. The molecule has 4 aromatic rings. The van der Waals surface area contributed by atoms with Crippen LogP contribution < -0.4 is 0 Å². The molecular weight excluding hydrogens is 412 g/mol. The first-order chi connectivity index (χ1) is 16.1. The van der Waals surface area contributed by atoms with E-state index in [1.165, 1.54) is 0 Å². The van der Waals surface area contributed by atoms with Gasteiger partial charge in [-0.2, -0.15) is 0 Å². The van der Waals surface area contributed by atoms with E-state index < -0.39 is 6.04 Å². The Morgan fingerprint density at radius 2 is 1.61 bits per heavy atom. The second kappa shape index (κ2) is 8.82. The minimum absolute atomic E-state index is 0.0691. The number of aryl methyl sites for hydroxylation is 1. The van der Waals surface area contributed by atoms with E-state index in [4.69, 9.17) is 9.73 Å². The maximum Gasteiger partial charge on any atom is 0.309 e. The van der Waals surface area contributed by atoms with Crippen molar-refractivity contribution in [1.82, 2.24) is 14.8 Å². The number of ether oxygens (including phenoxy) is 1. The first-order valence-electron chi connectivity index (χ1n) is 11.0. The molecule has 0 N–H and O–H groups in total. The Morgan fingerprint density at radius 3 is 2.36 bits per heavy atom. The van der Waals surface area contributed by atoms with Gasteiger partial charge in [-0.05, 0) is 25.5 Å². The van der Waals surface area contributed by atoms with Gasteiger partial charge < -0.3 is 4.74 Å². The van der Waals surface area contributed by atoms with E-state index in [1.807, 2.05) is 103 Å². The fraction of sp³-hybridized carbons (Fsp3) is 0.185. The predicted molar refractivity (Wildman–Crippen MR) is 126 cm³/mol. The molecule has 1 aliphatic heterocycles. The number of esters is 1. The normalized spacial score (nSPS) is 15.6. The minimum atomic E-state index is -0.524. The van der Waals surface area contributed by atoms with Gasteiger partial charge in [0.15, 0.2) is 5.82 Å². The lowest BCUT2D eigenvalue weighted by molar-refractivity contribution is -0.149. The number of carbonyl (C=O) groups is 1. The molecule has 2 atom stereocenters. The molecule has 6 nitrogen and oxygen atoms in total. The molecule has 3 aromatic carbocycles. The Morgan fingerprint density at radius 1 is 0.939 bits per heavy atom. The molecule has 0 saturated heterocycles. The predicted octanol–water partition coefficient (Wildman–Crippen LogP) is 5.16. The number of para-hydroxylation sites is 1. The molecule has 1 unspecified atom stereocenters. The van der Waals surface area contributed by atoms with Crippen LogP contribution in [-0.2, 0) is 9.53 Å². The van der Waals surface area contributed by atoms with Crippen molar-refractivity contribution in [3.8, 4) is 5.69 Å². The molecule has 0 saturated carbocycles. The molecule has 33 heavy (non-hydrogen) atoms. The van der Waals surface area contributed by atoms with E-state index in [0.717, 1.165) is 33.9 Å². The van der Waals surface area contributed by atoms with Gasteiger partial charge in [-0.15, -0.1) is 10.2 Å². The SMILES string of the molecule is Cc1nnc2n1-c1ccccc1C(c1ccccc1)=NC2CC(=O)O[C@@H](C)c1ccccc1. The average molecular weight is 437 g/mol. The highest BCUT2D eigenvalue weighted by molar-refractivity contribution is 6.15. The lowest BCUT2D eigenvalue weighted by atomic mass is 10.0. The monoisotopic (exact) mass is 436 g/mol. The van der Waals surface area contributed by atoms with Crippen molar-refractivity contribution < 1.29 is 9.53 Å². The van der Waals surface area contributed by atoms with E-state index in [1.54, 1.807) is 0 Å². The van der Waals surface area contributed by atoms with Crippen molar-refractivity contribution in [2.75, 3.05) is 0 Å². The number of hydrogen-bond acceptors (Lipinski definition) is 5. The highest BCUT2D eigenvalue weighted by Crippen LogP contribution is 2.33. The zero-order chi connectivity index (χ0) is 22.8. The van der Waals surface area contributed by atoms with Gasteiger partial charge in [0, 0.05) is 11.1 Å². The molecule has 1 aromatic heterocycles. The Bertz CT molecular complexity index is 1310. The van der Waals surface area contributed by atoms with E-state index >= 15 is 0 Å². The van der Waals surface area contributed by atoms with Crippen LogP contribution in [0.25, 0.3) is 5.69 Å². The van der Waals surface area contributed by atoms with Gasteiger partial charge in [0.2, 0.25) is 0 Å². The number of aliphatic imine (C=N–C) groups is 1. The van der Waals surface area contributed by atoms with Crippen LogP contribution in [0.15, 0.2) is 89.9 Å². The van der Waals surface area contributed by atoms with Gasteiger partial charge in [-0.1, -0.05) is 78.9 Å². The highest BCUT2D eigenvalue weighted by atomic mass is 16.5. The van der Waals surface area contributed by atoms with Crippen molar-refractivity contribution in [1.29, 1.82) is 0 Å². The van der Waals surface area contributed by atoms with Crippen LogP contribution in [-0.4, -0.2) is 26.4 Å². The molecule has 2 heterocycles. The molecule has 0 fully saturated rings. The standard InChI is InChI=1S/C27H24N4O2/c1-18(20-11-5-3-6-12-20)33-25(32)17-23-27-30-29-19(2)31(27)24-16-10-9-15-22(24)26(28-23)21-13-7-4-8-14-21/h3-16,18,23H,17H2,1-2H3/t18-,23?/m0/s1. The van der Waals surface area contributed by atoms with Gasteiger partial charge in [0.05, 0.1) is 17.8 Å². The molecule has 6 heteroatoms. The van der Waals surface area contributed by atoms with Crippen molar-refractivity contribution in [3.63, 3.8) is 0 Å². The summed E-state index contributed by atoms with van der Waals surface area (Å²) in [5, 5.41) is 8.71. The van der Waals surface area contributed by atoms with Crippen molar-refractivity contribution in [3.05, 3.63) is 113 Å². The fourth-order valence-electron chi connectivity index (χ4n) is 4.20. The maximum absolute atomic E-state index is 13.0. The second-order valence-electron chi connectivity index (χ2n) is 8.06. The Labute approximate surface area is 192 Å². The molecule has 0 aliphatic carbocycles. The van der Waals surface area contributed by atoms with E-state index in [0.29, 0.717) is 5.82 Å². The molecule has 0 bridgehead atoms. The lowest BCUT2D eigenvalue weighted by Gasteiger charge is -2.16. The van der Waals surface area contributed by atoms with Gasteiger partial charge in [-0.25, -0.2) is 0 Å². The Hall–Kier alpha value is -4.06. The maximum atomic E-state index is 13.0. The van der Waals surface area contributed by atoms with Gasteiger partial charge in [0.1, 0.15) is 18.0 Å². The molecule has 1 aliphatic rings. The molecule has 0 radical (unpaired) electrons. The van der Waals surface area contributed by atoms with Crippen LogP contribution in [0.2, 0.25) is 0 Å². The van der Waals surface area contributed by atoms with Crippen LogP contribution in [0.1, 0.15) is 53.8 Å². The molecule has 164 valence electrons. The Balaban J connectivity index is 1.54. The number of nitrogens with zero attached hydrogens (tertiary/aromatic N) is 4. The number of benzene rings is 3. The van der Waals surface area contributed by atoms with Crippen molar-refractivity contribution >= 4 is 11.7 Å². The summed E-state index contributed by atoms with van der Waals surface area (Å²) in [5.41, 5.74) is 4.68. The molecule has 0 spiro atoms. The van der Waals surface area contributed by atoms with Crippen LogP contribution in [0.5, 0.6) is 0 Å². The summed E-state index contributed by atoms with van der Waals surface area (Å²) in [5.74, 6) is 1.05. The fourth-order valence-corrected chi connectivity index (χ4v) is 4.20. The molecule has 0 amide bonds. The number of aromatic nitrogens is 3. The lowest BCUT2D eigenvalue weighted by Crippen LogP contribution is -2.15. The van der Waals surface area contributed by atoms with Crippen LogP contribution in [0.3, 0.4) is 0 Å². The summed E-state index contributed by atoms with van der Waals surface area (Å²) >= 11 is 0. The van der Waals surface area contributed by atoms with E-state index in [2.05, 4.69) is 10.2 Å². The van der Waals surface area contributed by atoms with Gasteiger partial charge >= 0.3 is 5.97 Å². The summed E-state index contributed by atoms with van der Waals surface area (Å²) in [6.45, 7) is 3.79. The van der Waals surface area contributed by atoms with Crippen molar-refractivity contribution in [2.24, 2.45) is 4.99 Å². The summed E-state index contributed by atoms with van der Waals surface area (Å²) < 4.78 is 7.75. The largest absolute Gasteiger partial charge is 0.458 e. The average Bonchev–Trinajstić information content (AvgIpc) is 3.17. The first kappa shape index (κ1) is 20.8. The molecule has 5 rings (SSSR count). The van der Waals surface area contributed by atoms with E-state index in [9.17, 15) is 4.79 Å². The third-order valence-electron chi connectivity index (χ3n) is 5.82. The summed E-state index contributed by atoms with van der Waals surface area (Å²) in [7, 11) is 0. The molecular formula is C27H24N4O2. The highest BCUT2D eigenvalue weighted by Gasteiger charge is 2.30. The first-order valence-corrected chi connectivity index (χ1v) is 11.0. The summed E-state index contributed by atoms with van der Waals surface area (Å²) in [6, 6.07) is 27.3. The second-order valence-corrected chi connectivity index (χ2v) is 8.06. The van der Waals surface area contributed by atoms with Gasteiger partial charge in [-0.3, -0.25) is 14.4 Å².